The topological polar surface area (TPSA) is 46.3 Å². The molecule has 0 radical (unpaired) electrons. The fourth-order valence-electron chi connectivity index (χ4n) is 2.59. The fraction of sp³-hybridized carbons (Fsp3) is 0.846. The first kappa shape index (κ1) is 14.4. The summed E-state index contributed by atoms with van der Waals surface area (Å²) >= 11 is 5.13. The third-order valence-corrected chi connectivity index (χ3v) is 4.44. The predicted molar refractivity (Wildman–Crippen MR) is 74.8 cm³/mol. The Morgan fingerprint density at radius 3 is 2.24 bits per heavy atom. The largest absolute Gasteiger partial charge is 0.392 e. The van der Waals surface area contributed by atoms with Crippen molar-refractivity contribution in [3.8, 4) is 0 Å². The van der Waals surface area contributed by atoms with Crippen molar-refractivity contribution in [1.29, 1.82) is 0 Å². The molecular formula is C13H24N2OS. The third-order valence-electron chi connectivity index (χ3n) is 4.05. The molecule has 0 aromatic carbocycles. The predicted octanol–water partition coefficient (Wildman–Crippen LogP) is 2.34. The number of hydrogen-bond donors (Lipinski definition) is 1. The van der Waals surface area contributed by atoms with Crippen molar-refractivity contribution in [2.24, 2.45) is 16.6 Å². The van der Waals surface area contributed by atoms with Crippen LogP contribution in [0.5, 0.6) is 0 Å². The number of nitrogens with zero attached hydrogens (tertiary/aromatic N) is 1. The summed E-state index contributed by atoms with van der Waals surface area (Å²) in [6.45, 7) is 10.0. The molecule has 0 atom stereocenters. The van der Waals surface area contributed by atoms with E-state index in [0.29, 0.717) is 17.8 Å². The van der Waals surface area contributed by atoms with Crippen molar-refractivity contribution < 1.29 is 4.79 Å². The van der Waals surface area contributed by atoms with Crippen LogP contribution in [0.2, 0.25) is 0 Å². The highest BCUT2D eigenvalue weighted by Crippen LogP contribution is 2.35. The van der Waals surface area contributed by atoms with Gasteiger partial charge in [0.05, 0.1) is 10.4 Å². The van der Waals surface area contributed by atoms with Crippen LogP contribution < -0.4 is 5.73 Å². The summed E-state index contributed by atoms with van der Waals surface area (Å²) in [4.78, 5) is 14.9. The van der Waals surface area contributed by atoms with Gasteiger partial charge in [0.1, 0.15) is 0 Å². The number of carbonyl (C=O) groups excluding carboxylic acids is 1. The smallest absolute Gasteiger partial charge is 0.235 e. The van der Waals surface area contributed by atoms with E-state index >= 15 is 0 Å². The van der Waals surface area contributed by atoms with Gasteiger partial charge in [0.25, 0.3) is 0 Å². The SMILES string of the molecule is CCC(CC)(C(=O)N1CCC(C)(C)C1)C(N)=S. The molecule has 1 amide bonds. The van der Waals surface area contributed by atoms with Gasteiger partial charge in [-0.3, -0.25) is 4.79 Å². The molecule has 1 saturated heterocycles. The second-order valence-corrected chi connectivity index (χ2v) is 6.23. The highest BCUT2D eigenvalue weighted by Gasteiger charge is 2.44. The highest BCUT2D eigenvalue weighted by atomic mass is 32.1. The van der Waals surface area contributed by atoms with E-state index in [1.807, 2.05) is 18.7 Å². The molecule has 1 fully saturated rings. The maximum absolute atomic E-state index is 12.6. The lowest BCUT2D eigenvalue weighted by atomic mass is 9.80. The number of amides is 1. The van der Waals surface area contributed by atoms with Crippen LogP contribution in [0, 0.1) is 10.8 Å². The third kappa shape index (κ3) is 2.62. The molecule has 1 aliphatic rings. The number of hydrogen-bond acceptors (Lipinski definition) is 2. The van der Waals surface area contributed by atoms with Crippen LogP contribution in [0.3, 0.4) is 0 Å². The molecule has 0 aromatic heterocycles. The van der Waals surface area contributed by atoms with Crippen LogP contribution >= 0.6 is 12.2 Å². The average Bonchev–Trinajstić information content (AvgIpc) is 2.60. The van der Waals surface area contributed by atoms with Crippen LogP contribution in [0.15, 0.2) is 0 Å². The normalized spacial score (nSPS) is 19.4. The zero-order valence-corrected chi connectivity index (χ0v) is 12.2. The highest BCUT2D eigenvalue weighted by molar-refractivity contribution is 7.80. The summed E-state index contributed by atoms with van der Waals surface area (Å²) in [5.41, 5.74) is 5.40. The summed E-state index contributed by atoms with van der Waals surface area (Å²) in [6, 6.07) is 0. The van der Waals surface area contributed by atoms with E-state index in [4.69, 9.17) is 18.0 Å². The lowest BCUT2D eigenvalue weighted by molar-refractivity contribution is -0.137. The molecule has 2 N–H and O–H groups in total. The molecule has 1 aliphatic heterocycles. The molecule has 0 spiro atoms. The van der Waals surface area contributed by atoms with Gasteiger partial charge in [0.2, 0.25) is 5.91 Å². The van der Waals surface area contributed by atoms with Gasteiger partial charge in [-0.2, -0.15) is 0 Å². The quantitative estimate of drug-likeness (QED) is 0.785. The first-order chi connectivity index (χ1) is 7.79. The van der Waals surface area contributed by atoms with Crippen LogP contribution in [0.25, 0.3) is 0 Å². The van der Waals surface area contributed by atoms with Crippen molar-refractivity contribution in [3.63, 3.8) is 0 Å². The zero-order valence-electron chi connectivity index (χ0n) is 11.4. The zero-order chi connectivity index (χ0) is 13.3. The van der Waals surface area contributed by atoms with Crippen molar-refractivity contribution in [3.05, 3.63) is 0 Å². The van der Waals surface area contributed by atoms with Crippen molar-refractivity contribution in [2.75, 3.05) is 13.1 Å². The van der Waals surface area contributed by atoms with Crippen LogP contribution in [-0.4, -0.2) is 28.9 Å². The molecule has 0 bridgehead atoms. The molecule has 3 nitrogen and oxygen atoms in total. The average molecular weight is 256 g/mol. The molecule has 1 heterocycles. The minimum Gasteiger partial charge on any atom is -0.392 e. The molecule has 0 aromatic rings. The number of thiocarbonyl (C=S) groups is 1. The van der Waals surface area contributed by atoms with Gasteiger partial charge in [-0.1, -0.05) is 39.9 Å². The standard InChI is InChI=1S/C13H24N2OS/c1-5-13(6-2,10(14)17)11(16)15-8-7-12(3,4)9-15/h5-9H2,1-4H3,(H2,14,17). The number of carbonyl (C=O) groups is 1. The molecule has 0 saturated carbocycles. The Hall–Kier alpha value is -0.640. The van der Waals surface area contributed by atoms with Gasteiger partial charge in [0.15, 0.2) is 0 Å². The van der Waals surface area contributed by atoms with Crippen LogP contribution in [0.1, 0.15) is 47.0 Å². The van der Waals surface area contributed by atoms with Crippen LogP contribution in [-0.2, 0) is 4.79 Å². The number of likely N-dealkylation sites (tertiary alicyclic amines) is 1. The Kier molecular flexibility index (Phi) is 4.18. The summed E-state index contributed by atoms with van der Waals surface area (Å²) in [5.74, 6) is 0.126. The van der Waals surface area contributed by atoms with E-state index in [0.717, 1.165) is 19.5 Å². The molecule has 98 valence electrons. The van der Waals surface area contributed by atoms with Crippen molar-refractivity contribution in [1.82, 2.24) is 4.90 Å². The number of nitrogens with two attached hydrogens (primary N) is 1. The number of rotatable bonds is 4. The summed E-state index contributed by atoms with van der Waals surface area (Å²) < 4.78 is 0. The molecular weight excluding hydrogens is 232 g/mol. The minimum atomic E-state index is -0.629. The van der Waals surface area contributed by atoms with Crippen molar-refractivity contribution >= 4 is 23.1 Å². The van der Waals surface area contributed by atoms with Gasteiger partial charge in [0, 0.05) is 13.1 Å². The van der Waals surface area contributed by atoms with E-state index in [9.17, 15) is 4.79 Å². The van der Waals surface area contributed by atoms with E-state index in [1.54, 1.807) is 0 Å². The second-order valence-electron chi connectivity index (χ2n) is 5.79. The Bertz CT molecular complexity index is 321. The lowest BCUT2D eigenvalue weighted by Gasteiger charge is -2.34. The molecule has 0 aliphatic carbocycles. The Labute approximate surface area is 110 Å². The summed E-state index contributed by atoms with van der Waals surface area (Å²) in [7, 11) is 0. The van der Waals surface area contributed by atoms with Gasteiger partial charge < -0.3 is 10.6 Å². The first-order valence-corrected chi connectivity index (χ1v) is 6.79. The van der Waals surface area contributed by atoms with Gasteiger partial charge >= 0.3 is 0 Å². The van der Waals surface area contributed by atoms with Gasteiger partial charge in [-0.25, -0.2) is 0 Å². The molecule has 4 heteroatoms. The Morgan fingerprint density at radius 2 is 1.94 bits per heavy atom. The minimum absolute atomic E-state index is 0.126. The maximum Gasteiger partial charge on any atom is 0.235 e. The molecule has 1 rings (SSSR count). The Morgan fingerprint density at radius 1 is 1.41 bits per heavy atom. The van der Waals surface area contributed by atoms with E-state index in [-0.39, 0.29) is 11.3 Å². The maximum atomic E-state index is 12.6. The monoisotopic (exact) mass is 256 g/mol. The summed E-state index contributed by atoms with van der Waals surface area (Å²) in [5, 5.41) is 0. The van der Waals surface area contributed by atoms with Crippen LogP contribution in [0.4, 0.5) is 0 Å². The summed E-state index contributed by atoms with van der Waals surface area (Å²) in [6.07, 6.45) is 2.43. The lowest BCUT2D eigenvalue weighted by Crippen LogP contribution is -2.49. The first-order valence-electron chi connectivity index (χ1n) is 6.38. The molecule has 17 heavy (non-hydrogen) atoms. The Balaban J connectivity index is 2.91. The fourth-order valence-corrected chi connectivity index (χ4v) is 2.97. The van der Waals surface area contributed by atoms with Gasteiger partial charge in [-0.05, 0) is 24.7 Å². The van der Waals surface area contributed by atoms with Crippen molar-refractivity contribution in [2.45, 2.75) is 47.0 Å². The van der Waals surface area contributed by atoms with E-state index in [2.05, 4.69) is 13.8 Å². The second kappa shape index (κ2) is 4.92. The molecule has 0 unspecified atom stereocenters. The van der Waals surface area contributed by atoms with E-state index in [1.165, 1.54) is 0 Å². The van der Waals surface area contributed by atoms with Gasteiger partial charge in [-0.15, -0.1) is 0 Å². The van der Waals surface area contributed by atoms with E-state index < -0.39 is 5.41 Å².